The van der Waals surface area contributed by atoms with Crippen LogP contribution in [0.4, 0.5) is 0 Å². The number of ether oxygens (including phenoxy) is 1. The third kappa shape index (κ3) is 5.12. The number of benzene rings is 2. The van der Waals surface area contributed by atoms with Crippen molar-refractivity contribution in [3.63, 3.8) is 0 Å². The minimum absolute atomic E-state index is 0.144. The molecule has 0 spiro atoms. The molecule has 0 unspecified atom stereocenters. The Balaban J connectivity index is 1.56. The first kappa shape index (κ1) is 20.4. The first-order valence-electron chi connectivity index (χ1n) is 10.0. The van der Waals surface area contributed by atoms with Gasteiger partial charge in [0.05, 0.1) is 13.7 Å². The standard InChI is InChI=1S/C23H30N2O3/c1-3-25(17-23(26)27)20-12-14-24(15-13-20)16-18-8-10-19(11-9-18)21-6-4-5-7-22(21)28-2/h4-11,20H,3,12-17H2,1-2H3,(H,26,27). The number of aliphatic carboxylic acids is 1. The van der Waals surface area contributed by atoms with Crippen LogP contribution in [0.5, 0.6) is 5.75 Å². The van der Waals surface area contributed by atoms with Crippen molar-refractivity contribution in [3.05, 3.63) is 54.1 Å². The quantitative estimate of drug-likeness (QED) is 0.754. The summed E-state index contributed by atoms with van der Waals surface area (Å²) in [5.41, 5.74) is 3.57. The molecule has 0 aliphatic carbocycles. The van der Waals surface area contributed by atoms with E-state index >= 15 is 0 Å². The number of nitrogens with zero attached hydrogens (tertiary/aromatic N) is 2. The molecule has 1 fully saturated rings. The second kappa shape index (κ2) is 9.71. The summed E-state index contributed by atoms with van der Waals surface area (Å²) in [6.07, 6.45) is 2.06. The van der Waals surface area contributed by atoms with E-state index in [0.717, 1.165) is 55.9 Å². The number of carbonyl (C=O) groups is 1. The molecule has 0 radical (unpaired) electrons. The minimum Gasteiger partial charge on any atom is -0.496 e. The Labute approximate surface area is 167 Å². The number of rotatable bonds is 8. The Morgan fingerprint density at radius 1 is 1.14 bits per heavy atom. The highest BCUT2D eigenvalue weighted by Crippen LogP contribution is 2.30. The number of para-hydroxylation sites is 1. The Morgan fingerprint density at radius 2 is 1.82 bits per heavy atom. The highest BCUT2D eigenvalue weighted by Gasteiger charge is 2.24. The number of hydrogen-bond donors (Lipinski definition) is 1. The van der Waals surface area contributed by atoms with E-state index in [2.05, 4.69) is 40.1 Å². The third-order valence-corrected chi connectivity index (χ3v) is 5.60. The molecule has 5 heteroatoms. The zero-order chi connectivity index (χ0) is 19.9. The van der Waals surface area contributed by atoms with Crippen LogP contribution >= 0.6 is 0 Å². The fourth-order valence-corrected chi connectivity index (χ4v) is 4.05. The Morgan fingerprint density at radius 3 is 2.43 bits per heavy atom. The van der Waals surface area contributed by atoms with Gasteiger partial charge in [0.1, 0.15) is 5.75 Å². The van der Waals surface area contributed by atoms with E-state index in [0.29, 0.717) is 6.04 Å². The lowest BCUT2D eigenvalue weighted by Crippen LogP contribution is -2.46. The van der Waals surface area contributed by atoms with E-state index in [9.17, 15) is 4.79 Å². The van der Waals surface area contributed by atoms with Gasteiger partial charge in [-0.25, -0.2) is 0 Å². The summed E-state index contributed by atoms with van der Waals surface area (Å²) in [6.45, 7) is 5.93. The maximum absolute atomic E-state index is 11.0. The molecule has 1 aliphatic rings. The monoisotopic (exact) mass is 382 g/mol. The molecular formula is C23H30N2O3. The van der Waals surface area contributed by atoms with Crippen LogP contribution in [-0.2, 0) is 11.3 Å². The van der Waals surface area contributed by atoms with Crippen LogP contribution in [0, 0.1) is 0 Å². The van der Waals surface area contributed by atoms with Crippen molar-refractivity contribution < 1.29 is 14.6 Å². The van der Waals surface area contributed by atoms with Gasteiger partial charge in [0, 0.05) is 18.2 Å². The van der Waals surface area contributed by atoms with Crippen LogP contribution in [0.1, 0.15) is 25.3 Å². The molecule has 1 aliphatic heterocycles. The van der Waals surface area contributed by atoms with E-state index in [1.165, 1.54) is 5.56 Å². The van der Waals surface area contributed by atoms with Crippen LogP contribution in [0.3, 0.4) is 0 Å². The van der Waals surface area contributed by atoms with Crippen LogP contribution in [0.15, 0.2) is 48.5 Å². The van der Waals surface area contributed by atoms with Gasteiger partial charge in [0.2, 0.25) is 0 Å². The van der Waals surface area contributed by atoms with E-state index in [4.69, 9.17) is 9.84 Å². The Hall–Kier alpha value is -2.37. The molecule has 150 valence electrons. The van der Waals surface area contributed by atoms with E-state index in [1.807, 2.05) is 25.1 Å². The third-order valence-electron chi connectivity index (χ3n) is 5.60. The normalized spacial score (nSPS) is 15.7. The maximum Gasteiger partial charge on any atom is 0.317 e. The lowest BCUT2D eigenvalue weighted by Gasteiger charge is -2.37. The van der Waals surface area contributed by atoms with Crippen LogP contribution in [0.2, 0.25) is 0 Å². The smallest absolute Gasteiger partial charge is 0.317 e. The van der Waals surface area contributed by atoms with Gasteiger partial charge < -0.3 is 9.84 Å². The molecule has 1 saturated heterocycles. The summed E-state index contributed by atoms with van der Waals surface area (Å²) < 4.78 is 5.47. The van der Waals surface area contributed by atoms with Gasteiger partial charge in [0.15, 0.2) is 0 Å². The molecule has 0 saturated carbocycles. The maximum atomic E-state index is 11.0. The van der Waals surface area contributed by atoms with E-state index in [1.54, 1.807) is 7.11 Å². The highest BCUT2D eigenvalue weighted by atomic mass is 16.5. The number of carboxylic acid groups (broad SMARTS) is 1. The molecule has 2 aromatic rings. The lowest BCUT2D eigenvalue weighted by atomic mass is 10.0. The molecule has 28 heavy (non-hydrogen) atoms. The summed E-state index contributed by atoms with van der Waals surface area (Å²) in [6, 6.07) is 17.2. The van der Waals surface area contributed by atoms with Gasteiger partial charge in [0.25, 0.3) is 0 Å². The Bertz CT molecular complexity index is 768. The van der Waals surface area contributed by atoms with Crippen molar-refractivity contribution in [2.45, 2.75) is 32.4 Å². The summed E-state index contributed by atoms with van der Waals surface area (Å²) in [4.78, 5) is 15.6. The Kier molecular flexibility index (Phi) is 7.06. The molecule has 1 heterocycles. The van der Waals surface area contributed by atoms with E-state index in [-0.39, 0.29) is 6.54 Å². The SMILES string of the molecule is CCN(CC(=O)O)C1CCN(Cc2ccc(-c3ccccc3OC)cc2)CC1. The molecule has 2 aromatic carbocycles. The zero-order valence-electron chi connectivity index (χ0n) is 16.8. The fraction of sp³-hybridized carbons (Fsp3) is 0.435. The average Bonchev–Trinajstić information content (AvgIpc) is 2.73. The largest absolute Gasteiger partial charge is 0.496 e. The second-order valence-corrected chi connectivity index (χ2v) is 7.36. The number of piperidine rings is 1. The van der Waals surface area contributed by atoms with Crippen molar-refractivity contribution in [1.82, 2.24) is 9.80 Å². The van der Waals surface area contributed by atoms with Crippen molar-refractivity contribution in [3.8, 4) is 16.9 Å². The molecule has 0 atom stereocenters. The number of likely N-dealkylation sites (tertiary alicyclic amines) is 1. The predicted octanol–water partition coefficient (Wildman–Crippen LogP) is 3.73. The summed E-state index contributed by atoms with van der Waals surface area (Å²) >= 11 is 0. The van der Waals surface area contributed by atoms with Gasteiger partial charge in [-0.3, -0.25) is 14.6 Å². The molecule has 0 amide bonds. The topological polar surface area (TPSA) is 53.0 Å². The lowest BCUT2D eigenvalue weighted by molar-refractivity contribution is -0.139. The highest BCUT2D eigenvalue weighted by molar-refractivity contribution is 5.70. The van der Waals surface area contributed by atoms with Crippen molar-refractivity contribution >= 4 is 5.97 Å². The molecule has 0 aromatic heterocycles. The van der Waals surface area contributed by atoms with Crippen molar-refractivity contribution in [2.24, 2.45) is 0 Å². The van der Waals surface area contributed by atoms with Crippen molar-refractivity contribution in [1.29, 1.82) is 0 Å². The van der Waals surface area contributed by atoms with Crippen LogP contribution < -0.4 is 4.74 Å². The fourth-order valence-electron chi connectivity index (χ4n) is 4.05. The van der Waals surface area contributed by atoms with Crippen LogP contribution in [-0.4, -0.2) is 60.2 Å². The summed E-state index contributed by atoms with van der Waals surface area (Å²) in [5.74, 6) is 0.151. The molecule has 1 N–H and O–H groups in total. The average molecular weight is 383 g/mol. The van der Waals surface area contributed by atoms with Gasteiger partial charge in [-0.2, -0.15) is 0 Å². The van der Waals surface area contributed by atoms with Gasteiger partial charge >= 0.3 is 5.97 Å². The molecule has 3 rings (SSSR count). The summed E-state index contributed by atoms with van der Waals surface area (Å²) in [5, 5.41) is 9.07. The number of likely N-dealkylation sites (N-methyl/N-ethyl adjacent to an activating group) is 1. The molecule has 0 bridgehead atoms. The van der Waals surface area contributed by atoms with Gasteiger partial charge in [-0.1, -0.05) is 49.4 Å². The van der Waals surface area contributed by atoms with Crippen LogP contribution in [0.25, 0.3) is 11.1 Å². The number of methoxy groups -OCH3 is 1. The molecule has 5 nitrogen and oxygen atoms in total. The van der Waals surface area contributed by atoms with Gasteiger partial charge in [-0.05, 0) is 49.7 Å². The first-order valence-corrected chi connectivity index (χ1v) is 10.0. The molecular weight excluding hydrogens is 352 g/mol. The summed E-state index contributed by atoms with van der Waals surface area (Å²) in [7, 11) is 1.70. The first-order chi connectivity index (χ1) is 13.6. The number of hydrogen-bond acceptors (Lipinski definition) is 4. The van der Waals surface area contributed by atoms with Gasteiger partial charge in [-0.15, -0.1) is 0 Å². The van der Waals surface area contributed by atoms with E-state index < -0.39 is 5.97 Å². The second-order valence-electron chi connectivity index (χ2n) is 7.36. The zero-order valence-corrected chi connectivity index (χ0v) is 16.8. The predicted molar refractivity (Wildman–Crippen MR) is 112 cm³/mol. The number of carboxylic acids is 1. The minimum atomic E-state index is -0.737. The van der Waals surface area contributed by atoms with Crippen molar-refractivity contribution in [2.75, 3.05) is 33.3 Å².